The van der Waals surface area contributed by atoms with Gasteiger partial charge in [0.1, 0.15) is 5.75 Å². The number of aliphatic hydroxyl groups is 1. The van der Waals surface area contributed by atoms with E-state index in [1.807, 2.05) is 0 Å². The van der Waals surface area contributed by atoms with Crippen LogP contribution in [0.2, 0.25) is 19.6 Å². The molecule has 5 nitrogen and oxygen atoms in total. The van der Waals surface area contributed by atoms with Gasteiger partial charge in [0.25, 0.3) is 0 Å². The number of carboxylic acid groups (broad SMARTS) is 1. The zero-order valence-corrected chi connectivity index (χ0v) is 12.6. The van der Waals surface area contributed by atoms with E-state index in [9.17, 15) is 23.1 Å². The molecule has 1 rings (SSSR count). The summed E-state index contributed by atoms with van der Waals surface area (Å²) in [5, 5.41) is 18.1. The molecule has 1 atom stereocenters. The number of benzene rings is 1. The Labute approximate surface area is 120 Å². The van der Waals surface area contributed by atoms with Crippen molar-refractivity contribution in [1.29, 1.82) is 0 Å². The predicted octanol–water partition coefficient (Wildman–Crippen LogP) is 2.92. The third kappa shape index (κ3) is 5.64. The molecule has 21 heavy (non-hydrogen) atoms. The van der Waals surface area contributed by atoms with Crippen LogP contribution in [0.4, 0.5) is 13.2 Å². The van der Waals surface area contributed by atoms with Crippen LogP contribution in [0.5, 0.6) is 11.5 Å². The van der Waals surface area contributed by atoms with E-state index in [0.717, 1.165) is 12.1 Å². The average molecular weight is 324 g/mol. The number of rotatable bonds is 5. The van der Waals surface area contributed by atoms with Gasteiger partial charge in [0.05, 0.1) is 0 Å². The lowest BCUT2D eigenvalue weighted by atomic mass is 10.1. The number of carbonyl (C=O) groups is 1. The van der Waals surface area contributed by atoms with Crippen molar-refractivity contribution in [3.8, 4) is 11.5 Å². The molecule has 2 N–H and O–H groups in total. The molecule has 0 saturated heterocycles. The highest BCUT2D eigenvalue weighted by atomic mass is 28.4. The third-order valence-electron chi connectivity index (χ3n) is 2.16. The van der Waals surface area contributed by atoms with Crippen LogP contribution in [0.1, 0.15) is 11.7 Å². The van der Waals surface area contributed by atoms with Crippen LogP contribution in [0.15, 0.2) is 18.2 Å². The predicted molar refractivity (Wildman–Crippen MR) is 69.7 cm³/mol. The summed E-state index contributed by atoms with van der Waals surface area (Å²) < 4.78 is 46.5. The van der Waals surface area contributed by atoms with Gasteiger partial charge in [-0.1, -0.05) is 6.07 Å². The highest BCUT2D eigenvalue weighted by molar-refractivity contribution is 6.70. The zero-order valence-electron chi connectivity index (χ0n) is 11.6. The molecule has 0 radical (unpaired) electrons. The number of hydrogen-bond acceptors (Lipinski definition) is 4. The molecule has 0 aliphatic heterocycles. The first kappa shape index (κ1) is 17.3. The Morgan fingerprint density at radius 2 is 1.81 bits per heavy atom. The zero-order chi connectivity index (χ0) is 16.4. The third-order valence-corrected chi connectivity index (χ3v) is 2.99. The van der Waals surface area contributed by atoms with Gasteiger partial charge in [-0.05, 0) is 37.3 Å². The Morgan fingerprint density at radius 3 is 2.24 bits per heavy atom. The van der Waals surface area contributed by atoms with Gasteiger partial charge in [0, 0.05) is 0 Å². The van der Waals surface area contributed by atoms with E-state index in [0.29, 0.717) is 0 Å². The fraction of sp³-hybridized carbons (Fsp3) is 0.417. The number of alkyl halides is 3. The summed E-state index contributed by atoms with van der Waals surface area (Å²) in [6.07, 6.45) is -6.90. The fourth-order valence-corrected chi connectivity index (χ4v) is 2.28. The van der Waals surface area contributed by atoms with Crippen molar-refractivity contribution in [2.45, 2.75) is 32.1 Å². The molecule has 0 fully saturated rings. The lowest BCUT2D eigenvalue weighted by molar-refractivity contribution is -0.275. The Bertz CT molecular complexity index is 525. The molecule has 9 heteroatoms. The molecule has 1 unspecified atom stereocenters. The molecule has 1 aromatic rings. The summed E-state index contributed by atoms with van der Waals surface area (Å²) >= 11 is 0. The van der Waals surface area contributed by atoms with E-state index in [1.54, 1.807) is 19.6 Å². The average Bonchev–Trinajstić information content (AvgIpc) is 2.26. The summed E-state index contributed by atoms with van der Waals surface area (Å²) in [5.74, 6) is -2.40. The minimum Gasteiger partial charge on any atom is -0.542 e. The summed E-state index contributed by atoms with van der Waals surface area (Å²) in [6.45, 7) is 5.30. The molecule has 0 heterocycles. The Kier molecular flexibility index (Phi) is 4.89. The van der Waals surface area contributed by atoms with E-state index in [1.165, 1.54) is 6.07 Å². The monoisotopic (exact) mass is 324 g/mol. The smallest absolute Gasteiger partial charge is 0.542 e. The highest BCUT2D eigenvalue weighted by Gasteiger charge is 2.34. The van der Waals surface area contributed by atoms with Gasteiger partial charge in [-0.3, -0.25) is 0 Å². The Morgan fingerprint density at radius 1 is 1.24 bits per heavy atom. The number of aliphatic hydroxyl groups excluding tert-OH is 1. The maximum absolute atomic E-state index is 12.4. The van der Waals surface area contributed by atoms with Crippen LogP contribution in [-0.2, 0) is 4.79 Å². The van der Waals surface area contributed by atoms with Crippen molar-refractivity contribution < 1.29 is 37.3 Å². The first-order valence-electron chi connectivity index (χ1n) is 5.88. The maximum Gasteiger partial charge on any atom is 0.573 e. The van der Waals surface area contributed by atoms with Gasteiger partial charge in [-0.15, -0.1) is 13.2 Å². The summed E-state index contributed by atoms with van der Waals surface area (Å²) in [6, 6.07) is 3.14. The van der Waals surface area contributed by atoms with Crippen LogP contribution in [0.3, 0.4) is 0 Å². The number of ether oxygens (including phenoxy) is 1. The van der Waals surface area contributed by atoms with E-state index in [2.05, 4.69) is 4.74 Å². The number of hydrogen-bond donors (Lipinski definition) is 2. The lowest BCUT2D eigenvalue weighted by Crippen LogP contribution is -2.30. The van der Waals surface area contributed by atoms with Crippen molar-refractivity contribution in [3.63, 3.8) is 0 Å². The topological polar surface area (TPSA) is 76.0 Å². The van der Waals surface area contributed by atoms with Gasteiger partial charge in [-0.2, -0.15) is 0 Å². The molecule has 0 bridgehead atoms. The summed E-state index contributed by atoms with van der Waals surface area (Å²) in [4.78, 5) is 10.7. The van der Waals surface area contributed by atoms with Crippen molar-refractivity contribution in [2.75, 3.05) is 0 Å². The standard InChI is InChI=1S/C12H15F3O5Si/c1-21(2,3)20-8-5-4-7(10(16)11(17)18)6-9(8)19-12(13,14)15/h4-6,10,16H,1-3H3,(H,17,18). The van der Waals surface area contributed by atoms with E-state index in [4.69, 9.17) is 9.53 Å². The molecule has 118 valence electrons. The minimum atomic E-state index is -4.95. The van der Waals surface area contributed by atoms with Crippen LogP contribution in [-0.4, -0.2) is 30.9 Å². The second-order valence-electron chi connectivity index (χ2n) is 5.21. The van der Waals surface area contributed by atoms with Gasteiger partial charge in [0.15, 0.2) is 11.9 Å². The lowest BCUT2D eigenvalue weighted by Gasteiger charge is -2.22. The Hall–Kier alpha value is -1.74. The molecule has 0 aliphatic carbocycles. The van der Waals surface area contributed by atoms with Crippen LogP contribution in [0.25, 0.3) is 0 Å². The highest BCUT2D eigenvalue weighted by Crippen LogP contribution is 2.36. The van der Waals surface area contributed by atoms with E-state index in [-0.39, 0.29) is 11.3 Å². The number of carboxylic acids is 1. The van der Waals surface area contributed by atoms with E-state index >= 15 is 0 Å². The quantitative estimate of drug-likeness (QED) is 0.815. The summed E-state index contributed by atoms with van der Waals surface area (Å²) in [7, 11) is -2.20. The second-order valence-corrected chi connectivity index (χ2v) is 9.64. The molecule has 0 aromatic heterocycles. The van der Waals surface area contributed by atoms with Crippen molar-refractivity contribution in [1.82, 2.24) is 0 Å². The van der Waals surface area contributed by atoms with Crippen molar-refractivity contribution >= 4 is 14.3 Å². The normalized spacial score (nSPS) is 13.7. The molecule has 0 spiro atoms. The Balaban J connectivity index is 3.23. The van der Waals surface area contributed by atoms with Crippen molar-refractivity contribution in [2.24, 2.45) is 0 Å². The largest absolute Gasteiger partial charge is 0.573 e. The van der Waals surface area contributed by atoms with Crippen LogP contribution < -0.4 is 9.16 Å². The first-order chi connectivity index (χ1) is 9.39. The molecule has 0 aliphatic rings. The van der Waals surface area contributed by atoms with Gasteiger partial charge < -0.3 is 19.4 Å². The SMILES string of the molecule is C[Si](C)(C)Oc1ccc(C(O)C(=O)O)cc1OC(F)(F)F. The maximum atomic E-state index is 12.4. The number of halogens is 3. The molecular weight excluding hydrogens is 309 g/mol. The molecular formula is C12H15F3O5Si. The van der Waals surface area contributed by atoms with Gasteiger partial charge in [-0.25, -0.2) is 4.79 Å². The van der Waals surface area contributed by atoms with Crippen LogP contribution in [0, 0.1) is 0 Å². The van der Waals surface area contributed by atoms with E-state index < -0.39 is 32.5 Å². The number of aliphatic carboxylic acids is 1. The van der Waals surface area contributed by atoms with Gasteiger partial charge >= 0.3 is 12.3 Å². The van der Waals surface area contributed by atoms with Gasteiger partial charge in [0.2, 0.25) is 8.32 Å². The van der Waals surface area contributed by atoms with Crippen molar-refractivity contribution in [3.05, 3.63) is 23.8 Å². The summed E-state index contributed by atoms with van der Waals surface area (Å²) in [5.41, 5.74) is -0.232. The molecule has 1 aromatic carbocycles. The fourth-order valence-electron chi connectivity index (χ4n) is 1.46. The minimum absolute atomic E-state index is 0.146. The molecule has 0 saturated carbocycles. The molecule has 0 amide bonds. The first-order valence-corrected chi connectivity index (χ1v) is 9.29. The van der Waals surface area contributed by atoms with Crippen LogP contribution >= 0.6 is 0 Å². The second kappa shape index (κ2) is 5.94.